The molecule has 0 spiro atoms. The number of ether oxygens (including phenoxy) is 1. The first-order valence-corrected chi connectivity index (χ1v) is 6.73. The maximum absolute atomic E-state index is 5.34. The van der Waals surface area contributed by atoms with E-state index < -0.39 is 0 Å². The molecule has 2 unspecified atom stereocenters. The van der Waals surface area contributed by atoms with E-state index in [1.54, 1.807) is 7.11 Å². The fourth-order valence-electron chi connectivity index (χ4n) is 2.56. The van der Waals surface area contributed by atoms with Gasteiger partial charge in [-0.2, -0.15) is 0 Å². The molecule has 102 valence electrons. The molecule has 0 aliphatic heterocycles. The molecule has 0 saturated heterocycles. The summed E-state index contributed by atoms with van der Waals surface area (Å²) < 4.78 is 5.34. The van der Waals surface area contributed by atoms with Gasteiger partial charge in [0.2, 0.25) is 0 Å². The second kappa shape index (κ2) is 6.24. The summed E-state index contributed by atoms with van der Waals surface area (Å²) in [4.78, 5) is 2.26. The lowest BCUT2D eigenvalue weighted by molar-refractivity contribution is 0.230. The van der Waals surface area contributed by atoms with E-state index in [4.69, 9.17) is 4.74 Å². The molecule has 0 N–H and O–H groups in total. The van der Waals surface area contributed by atoms with Crippen LogP contribution >= 0.6 is 0 Å². The van der Waals surface area contributed by atoms with Crippen LogP contribution in [0.3, 0.4) is 0 Å². The minimum atomic E-state index is 0.193. The Morgan fingerprint density at radius 1 is 1.33 bits per heavy atom. The molecular weight excluding hydrogens is 222 g/mol. The zero-order valence-corrected chi connectivity index (χ0v) is 12.7. The Hall–Kier alpha value is -1.02. The van der Waals surface area contributed by atoms with E-state index in [0.29, 0.717) is 5.92 Å². The van der Waals surface area contributed by atoms with Crippen molar-refractivity contribution in [2.45, 2.75) is 32.6 Å². The summed E-state index contributed by atoms with van der Waals surface area (Å²) in [5, 5.41) is 0. The van der Waals surface area contributed by atoms with Crippen LogP contribution in [0.25, 0.3) is 0 Å². The highest BCUT2D eigenvalue weighted by molar-refractivity contribution is 5.34. The molecule has 2 atom stereocenters. The second-order valence-corrected chi connectivity index (χ2v) is 5.67. The van der Waals surface area contributed by atoms with Gasteiger partial charge in [-0.1, -0.05) is 32.9 Å². The molecule has 0 radical (unpaired) electrons. The average Bonchev–Trinajstić information content (AvgIpc) is 2.37. The molecule has 2 nitrogen and oxygen atoms in total. The smallest absolute Gasteiger partial charge is 0.119 e. The molecule has 0 aliphatic rings. The predicted molar refractivity (Wildman–Crippen MR) is 78.4 cm³/mol. The summed E-state index contributed by atoms with van der Waals surface area (Å²) in [6.07, 6.45) is 1.13. The summed E-state index contributed by atoms with van der Waals surface area (Å²) in [6.45, 7) is 8.06. The van der Waals surface area contributed by atoms with Gasteiger partial charge in [-0.3, -0.25) is 0 Å². The fraction of sp³-hybridized carbons (Fsp3) is 0.625. The maximum atomic E-state index is 5.34. The highest BCUT2D eigenvalue weighted by Crippen LogP contribution is 2.37. The van der Waals surface area contributed by atoms with E-state index in [-0.39, 0.29) is 5.41 Å². The zero-order valence-electron chi connectivity index (χ0n) is 12.7. The number of nitrogens with zero attached hydrogens (tertiary/aromatic N) is 1. The Balaban J connectivity index is 3.05. The van der Waals surface area contributed by atoms with Gasteiger partial charge < -0.3 is 9.64 Å². The lowest BCUT2D eigenvalue weighted by atomic mass is 9.70. The number of hydrogen-bond donors (Lipinski definition) is 0. The molecule has 2 heteroatoms. The zero-order chi connectivity index (χ0) is 13.8. The maximum Gasteiger partial charge on any atom is 0.119 e. The van der Waals surface area contributed by atoms with Crippen LogP contribution in [0.5, 0.6) is 5.75 Å². The van der Waals surface area contributed by atoms with Gasteiger partial charge in [0, 0.05) is 6.54 Å². The summed E-state index contributed by atoms with van der Waals surface area (Å²) in [5.41, 5.74) is 1.57. The Kier molecular flexibility index (Phi) is 5.21. The first-order valence-electron chi connectivity index (χ1n) is 6.73. The molecule has 0 heterocycles. The number of methoxy groups -OCH3 is 1. The molecule has 0 bridgehead atoms. The van der Waals surface area contributed by atoms with Gasteiger partial charge in [-0.25, -0.2) is 0 Å². The Morgan fingerprint density at radius 2 is 2.00 bits per heavy atom. The van der Waals surface area contributed by atoms with Crippen LogP contribution in [0.1, 0.15) is 32.8 Å². The van der Waals surface area contributed by atoms with Crippen LogP contribution in [-0.2, 0) is 5.41 Å². The molecule has 0 aliphatic carbocycles. The number of benzene rings is 1. The fourth-order valence-corrected chi connectivity index (χ4v) is 2.56. The molecule has 1 aromatic rings. The molecule has 0 amide bonds. The standard InChI is InChI=1S/C16H27NO/c1-7-16(3,13(2)12-17(4)5)14-9-8-10-15(11-14)18-6/h8-11,13H,7,12H2,1-6H3. The van der Waals surface area contributed by atoms with Gasteiger partial charge >= 0.3 is 0 Å². The molecule has 1 rings (SSSR count). The largest absolute Gasteiger partial charge is 0.497 e. The van der Waals surface area contributed by atoms with Gasteiger partial charge in [-0.15, -0.1) is 0 Å². The third-order valence-corrected chi connectivity index (χ3v) is 4.19. The Morgan fingerprint density at radius 3 is 2.50 bits per heavy atom. The van der Waals surface area contributed by atoms with Crippen molar-refractivity contribution in [3.63, 3.8) is 0 Å². The van der Waals surface area contributed by atoms with Crippen LogP contribution in [0.2, 0.25) is 0 Å². The van der Waals surface area contributed by atoms with Crippen molar-refractivity contribution >= 4 is 0 Å². The summed E-state index contributed by atoms with van der Waals surface area (Å²) >= 11 is 0. The molecule has 0 aromatic heterocycles. The molecule has 18 heavy (non-hydrogen) atoms. The highest BCUT2D eigenvalue weighted by Gasteiger charge is 2.31. The monoisotopic (exact) mass is 249 g/mol. The quantitative estimate of drug-likeness (QED) is 0.764. The minimum Gasteiger partial charge on any atom is -0.497 e. The van der Waals surface area contributed by atoms with Gasteiger partial charge in [0.1, 0.15) is 5.75 Å². The van der Waals surface area contributed by atoms with E-state index in [1.165, 1.54) is 5.56 Å². The number of hydrogen-bond acceptors (Lipinski definition) is 2. The van der Waals surface area contributed by atoms with E-state index in [0.717, 1.165) is 18.7 Å². The predicted octanol–water partition coefficient (Wildman–Crippen LogP) is 3.56. The van der Waals surface area contributed by atoms with Gasteiger partial charge in [0.15, 0.2) is 0 Å². The SMILES string of the molecule is CCC(C)(c1cccc(OC)c1)C(C)CN(C)C. The van der Waals surface area contributed by atoms with Crippen LogP contribution < -0.4 is 4.74 Å². The lowest BCUT2D eigenvalue weighted by Gasteiger charge is -2.37. The third kappa shape index (κ3) is 3.26. The molecular formula is C16H27NO. The van der Waals surface area contributed by atoms with Gasteiger partial charge in [-0.05, 0) is 49.5 Å². The topological polar surface area (TPSA) is 12.5 Å². The third-order valence-electron chi connectivity index (χ3n) is 4.19. The molecule has 0 saturated carbocycles. The van der Waals surface area contributed by atoms with E-state index >= 15 is 0 Å². The first kappa shape index (κ1) is 15.0. The van der Waals surface area contributed by atoms with Crippen molar-refractivity contribution in [2.24, 2.45) is 5.92 Å². The summed E-state index contributed by atoms with van der Waals surface area (Å²) in [7, 11) is 6.00. The number of rotatable bonds is 6. The van der Waals surface area contributed by atoms with Crippen LogP contribution in [0, 0.1) is 5.92 Å². The summed E-state index contributed by atoms with van der Waals surface area (Å²) in [6, 6.07) is 8.49. The molecule has 0 fully saturated rings. The van der Waals surface area contributed by atoms with Crippen molar-refractivity contribution in [1.29, 1.82) is 0 Å². The van der Waals surface area contributed by atoms with Crippen molar-refractivity contribution < 1.29 is 4.74 Å². The van der Waals surface area contributed by atoms with Gasteiger partial charge in [0.05, 0.1) is 7.11 Å². The van der Waals surface area contributed by atoms with Crippen molar-refractivity contribution in [3.8, 4) is 5.75 Å². The lowest BCUT2D eigenvalue weighted by Crippen LogP contribution is -2.36. The van der Waals surface area contributed by atoms with Crippen LogP contribution in [0.15, 0.2) is 24.3 Å². The normalized spacial score (nSPS) is 16.4. The highest BCUT2D eigenvalue weighted by atomic mass is 16.5. The van der Waals surface area contributed by atoms with E-state index in [1.807, 2.05) is 6.07 Å². The Bertz CT molecular complexity index is 375. The summed E-state index contributed by atoms with van der Waals surface area (Å²) in [5.74, 6) is 1.55. The second-order valence-electron chi connectivity index (χ2n) is 5.67. The van der Waals surface area contributed by atoms with Crippen molar-refractivity contribution in [1.82, 2.24) is 4.90 Å². The van der Waals surface area contributed by atoms with Gasteiger partial charge in [0.25, 0.3) is 0 Å². The average molecular weight is 249 g/mol. The van der Waals surface area contributed by atoms with Crippen molar-refractivity contribution in [2.75, 3.05) is 27.7 Å². The Labute approximate surface area is 112 Å². The van der Waals surface area contributed by atoms with E-state index in [2.05, 4.69) is 58.0 Å². The minimum absolute atomic E-state index is 0.193. The first-order chi connectivity index (χ1) is 8.43. The van der Waals surface area contributed by atoms with Crippen molar-refractivity contribution in [3.05, 3.63) is 29.8 Å². The van der Waals surface area contributed by atoms with Crippen LogP contribution in [0.4, 0.5) is 0 Å². The van der Waals surface area contributed by atoms with E-state index in [9.17, 15) is 0 Å². The molecule has 1 aromatic carbocycles. The van der Waals surface area contributed by atoms with Crippen LogP contribution in [-0.4, -0.2) is 32.6 Å².